The van der Waals surface area contributed by atoms with Gasteiger partial charge in [0, 0.05) is 23.4 Å². The maximum absolute atomic E-state index is 10.2. The maximum Gasteiger partial charge on any atom is 0.227 e. The van der Waals surface area contributed by atoms with Crippen molar-refractivity contribution in [3.63, 3.8) is 0 Å². The molecule has 31 heavy (non-hydrogen) atoms. The number of aromatic hydroxyl groups is 2. The molecule has 0 aliphatic rings. The minimum Gasteiger partial charge on any atom is -0.506 e. The molecule has 0 amide bonds. The van der Waals surface area contributed by atoms with Gasteiger partial charge < -0.3 is 24.1 Å². The third kappa shape index (κ3) is 4.24. The zero-order valence-corrected chi connectivity index (χ0v) is 19.6. The lowest BCUT2D eigenvalue weighted by Crippen LogP contribution is -1.88. The summed E-state index contributed by atoms with van der Waals surface area (Å²) in [6.45, 7) is 0. The number of aliphatic imine (C=N–C) groups is 1. The molecule has 0 saturated heterocycles. The Kier molecular flexibility index (Phi) is 5.88. The van der Waals surface area contributed by atoms with Crippen LogP contribution in [0, 0.1) is 0 Å². The van der Waals surface area contributed by atoms with Crippen molar-refractivity contribution in [2.45, 2.75) is 0 Å². The molecule has 1 aromatic heterocycles. The number of hydrogen-bond acceptors (Lipinski definition) is 7. The van der Waals surface area contributed by atoms with E-state index in [1.165, 1.54) is 6.21 Å². The van der Waals surface area contributed by atoms with E-state index in [-0.39, 0.29) is 16.0 Å². The Morgan fingerprint density at radius 3 is 2.35 bits per heavy atom. The summed E-state index contributed by atoms with van der Waals surface area (Å²) >= 11 is 6.40. The fourth-order valence-electron chi connectivity index (χ4n) is 2.91. The monoisotopic (exact) mass is 546 g/mol. The number of methoxy groups -OCH3 is 2. The van der Waals surface area contributed by atoms with Crippen molar-refractivity contribution in [3.05, 3.63) is 57.0 Å². The first-order valence-corrected chi connectivity index (χ1v) is 10.6. The van der Waals surface area contributed by atoms with Gasteiger partial charge in [-0.2, -0.15) is 0 Å². The smallest absolute Gasteiger partial charge is 0.227 e. The first-order valence-electron chi connectivity index (χ1n) is 8.97. The highest BCUT2D eigenvalue weighted by atomic mass is 79.9. The molecule has 1 heterocycles. The van der Waals surface area contributed by atoms with Crippen LogP contribution >= 0.6 is 31.9 Å². The van der Waals surface area contributed by atoms with Crippen LogP contribution < -0.4 is 9.47 Å². The van der Waals surface area contributed by atoms with Gasteiger partial charge in [0.25, 0.3) is 0 Å². The van der Waals surface area contributed by atoms with Crippen LogP contribution in [0.5, 0.6) is 23.0 Å². The zero-order chi connectivity index (χ0) is 22.1. The maximum atomic E-state index is 10.2. The highest BCUT2D eigenvalue weighted by molar-refractivity contribution is 9.11. The molecule has 7 nitrogen and oxygen atoms in total. The highest BCUT2D eigenvalue weighted by Gasteiger charge is 2.14. The van der Waals surface area contributed by atoms with E-state index in [0.717, 1.165) is 5.56 Å². The fourth-order valence-corrected chi connectivity index (χ4v) is 4.06. The number of nitrogens with zero attached hydrogens (tertiary/aromatic N) is 2. The van der Waals surface area contributed by atoms with Gasteiger partial charge in [-0.3, -0.25) is 4.99 Å². The predicted octanol–water partition coefficient (Wildman–Crippen LogP) is 6.20. The first-order chi connectivity index (χ1) is 14.9. The SMILES string of the molecule is COc1cc(OC)cc(-c2nc3cc(/N=C/c4cc(Br)c(O)c(Br)c4O)ccc3o2)c1. The molecule has 0 bridgehead atoms. The number of rotatable bonds is 5. The van der Waals surface area contributed by atoms with Crippen molar-refractivity contribution >= 4 is 54.9 Å². The lowest BCUT2D eigenvalue weighted by molar-refractivity contribution is 0.394. The van der Waals surface area contributed by atoms with Crippen LogP contribution in [0.15, 0.2) is 60.8 Å². The standard InChI is InChI=1S/C22H16Br2N2O5/c1-29-14-5-11(6-15(9-14)30-2)22-26-17-8-13(3-4-18(17)31-22)25-10-12-7-16(23)21(28)19(24)20(12)27/h3-10,27-28H,1-2H3/b25-10+. The van der Waals surface area contributed by atoms with Gasteiger partial charge in [-0.25, -0.2) is 4.98 Å². The molecule has 4 rings (SSSR count). The summed E-state index contributed by atoms with van der Waals surface area (Å²) in [7, 11) is 3.16. The van der Waals surface area contributed by atoms with Crippen molar-refractivity contribution in [1.82, 2.24) is 4.98 Å². The normalized spacial score (nSPS) is 11.4. The van der Waals surface area contributed by atoms with Crippen LogP contribution in [-0.2, 0) is 0 Å². The number of phenolic OH excluding ortho intramolecular Hbond substituents is 2. The molecular formula is C22H16Br2N2O5. The van der Waals surface area contributed by atoms with Gasteiger partial charge >= 0.3 is 0 Å². The average molecular weight is 548 g/mol. The number of ether oxygens (including phenoxy) is 2. The molecule has 3 aromatic carbocycles. The van der Waals surface area contributed by atoms with Crippen LogP contribution in [0.2, 0.25) is 0 Å². The predicted molar refractivity (Wildman–Crippen MR) is 125 cm³/mol. The van der Waals surface area contributed by atoms with E-state index < -0.39 is 0 Å². The summed E-state index contributed by atoms with van der Waals surface area (Å²) in [6, 6.07) is 12.3. The Balaban J connectivity index is 1.68. The Morgan fingerprint density at radius 1 is 0.968 bits per heavy atom. The van der Waals surface area contributed by atoms with E-state index >= 15 is 0 Å². The van der Waals surface area contributed by atoms with Crippen LogP contribution in [0.3, 0.4) is 0 Å². The van der Waals surface area contributed by atoms with E-state index in [4.69, 9.17) is 13.9 Å². The zero-order valence-electron chi connectivity index (χ0n) is 16.4. The number of fused-ring (bicyclic) bond motifs is 1. The summed E-state index contributed by atoms with van der Waals surface area (Å²) in [4.78, 5) is 8.96. The van der Waals surface area contributed by atoms with E-state index in [2.05, 4.69) is 41.8 Å². The summed E-state index contributed by atoms with van der Waals surface area (Å²) in [5.41, 5.74) is 3.01. The van der Waals surface area contributed by atoms with Crippen molar-refractivity contribution in [3.8, 4) is 34.5 Å². The largest absolute Gasteiger partial charge is 0.506 e. The third-order valence-electron chi connectivity index (χ3n) is 4.52. The lowest BCUT2D eigenvalue weighted by Gasteiger charge is -2.06. The number of phenols is 2. The summed E-state index contributed by atoms with van der Waals surface area (Å²) in [5.74, 6) is 1.50. The minimum absolute atomic E-state index is 0.0830. The van der Waals surface area contributed by atoms with E-state index in [0.29, 0.717) is 44.2 Å². The Bertz CT molecular complexity index is 1290. The Labute approximate surface area is 194 Å². The van der Waals surface area contributed by atoms with Gasteiger partial charge in [0.05, 0.1) is 24.4 Å². The van der Waals surface area contributed by atoms with Crippen molar-refractivity contribution in [2.24, 2.45) is 4.99 Å². The molecule has 0 aliphatic heterocycles. The molecule has 9 heteroatoms. The highest BCUT2D eigenvalue weighted by Crippen LogP contribution is 2.41. The number of benzene rings is 3. The number of halogens is 2. The van der Waals surface area contributed by atoms with Crippen LogP contribution in [0.4, 0.5) is 5.69 Å². The lowest BCUT2D eigenvalue weighted by atomic mass is 10.2. The van der Waals surface area contributed by atoms with Crippen molar-refractivity contribution in [1.29, 1.82) is 0 Å². The number of aromatic nitrogens is 1. The molecule has 158 valence electrons. The quantitative estimate of drug-likeness (QED) is 0.289. The van der Waals surface area contributed by atoms with Gasteiger partial charge in [-0.1, -0.05) is 0 Å². The van der Waals surface area contributed by atoms with Crippen LogP contribution in [0.1, 0.15) is 5.56 Å². The summed E-state index contributed by atoms with van der Waals surface area (Å²) in [6.07, 6.45) is 1.50. The van der Waals surface area contributed by atoms with Gasteiger partial charge in [-0.05, 0) is 68.3 Å². The number of oxazole rings is 1. The molecule has 0 unspecified atom stereocenters. The summed E-state index contributed by atoms with van der Waals surface area (Å²) < 4.78 is 17.1. The van der Waals surface area contributed by atoms with Gasteiger partial charge in [0.1, 0.15) is 33.0 Å². The second-order valence-electron chi connectivity index (χ2n) is 6.49. The second kappa shape index (κ2) is 8.60. The fraction of sp³-hybridized carbons (Fsp3) is 0.0909. The average Bonchev–Trinajstić information content (AvgIpc) is 3.22. The molecule has 0 fully saturated rings. The van der Waals surface area contributed by atoms with Gasteiger partial charge in [0.2, 0.25) is 5.89 Å². The number of hydrogen-bond donors (Lipinski definition) is 2. The van der Waals surface area contributed by atoms with Gasteiger partial charge in [0.15, 0.2) is 5.58 Å². The van der Waals surface area contributed by atoms with Crippen LogP contribution in [0.25, 0.3) is 22.6 Å². The molecule has 4 aromatic rings. The second-order valence-corrected chi connectivity index (χ2v) is 8.14. The van der Waals surface area contributed by atoms with E-state index in [1.807, 2.05) is 12.1 Å². The Morgan fingerprint density at radius 2 is 1.68 bits per heavy atom. The van der Waals surface area contributed by atoms with E-state index in [1.54, 1.807) is 44.6 Å². The Hall–Kier alpha value is -3.04. The molecule has 0 spiro atoms. The molecule has 0 radical (unpaired) electrons. The van der Waals surface area contributed by atoms with Crippen molar-refractivity contribution in [2.75, 3.05) is 14.2 Å². The molecule has 0 aliphatic carbocycles. The van der Waals surface area contributed by atoms with Gasteiger partial charge in [-0.15, -0.1) is 0 Å². The molecule has 0 saturated carbocycles. The third-order valence-corrected chi connectivity index (χ3v) is 5.88. The van der Waals surface area contributed by atoms with Crippen molar-refractivity contribution < 1.29 is 24.1 Å². The van der Waals surface area contributed by atoms with Crippen LogP contribution in [-0.4, -0.2) is 35.6 Å². The first kappa shape index (κ1) is 21.2. The van der Waals surface area contributed by atoms with E-state index in [9.17, 15) is 10.2 Å². The molecule has 2 N–H and O–H groups in total. The summed E-state index contributed by atoms with van der Waals surface area (Å²) in [5, 5.41) is 20.0. The topological polar surface area (TPSA) is 97.3 Å². The minimum atomic E-state index is -0.110. The molecular weight excluding hydrogens is 532 g/mol. The molecule has 0 atom stereocenters.